The summed E-state index contributed by atoms with van der Waals surface area (Å²) in [6, 6.07) is 2.92. The molecular formula is C12H14ClF2NO2. The van der Waals surface area contributed by atoms with E-state index in [1.54, 1.807) is 13.8 Å². The zero-order valence-corrected chi connectivity index (χ0v) is 10.8. The molecule has 0 unspecified atom stereocenters. The highest BCUT2D eigenvalue weighted by Gasteiger charge is 2.40. The fourth-order valence-electron chi connectivity index (χ4n) is 1.94. The molecule has 1 aromatic rings. The lowest BCUT2D eigenvalue weighted by molar-refractivity contribution is 0.0367. The van der Waals surface area contributed by atoms with Gasteiger partial charge in [0.05, 0.1) is 6.04 Å². The van der Waals surface area contributed by atoms with Crippen molar-refractivity contribution < 1.29 is 18.3 Å². The number of hydrogen-bond acceptors (Lipinski definition) is 2. The van der Waals surface area contributed by atoms with Gasteiger partial charge in [-0.3, -0.25) is 0 Å². The second-order valence-electron chi connectivity index (χ2n) is 4.78. The van der Waals surface area contributed by atoms with E-state index in [0.717, 1.165) is 0 Å². The number of ether oxygens (including phenoxy) is 1. The van der Waals surface area contributed by atoms with Gasteiger partial charge in [0.25, 0.3) is 0 Å². The van der Waals surface area contributed by atoms with Gasteiger partial charge >= 0.3 is 6.09 Å². The highest BCUT2D eigenvalue weighted by Crippen LogP contribution is 2.38. The standard InChI is InChI=1S/C12H13F2NO2.ClH/c1-12(2)6-17-11(16)15-10(12)9-7(13)4-3-5-8(9)14;/h3-5,10H,6H2,1-2H3,(H,15,16);1H/t10-;/m0./s1. The average Bonchev–Trinajstić information content (AvgIpc) is 2.23. The summed E-state index contributed by atoms with van der Waals surface area (Å²) in [5.74, 6) is -1.32. The largest absolute Gasteiger partial charge is 0.449 e. The second kappa shape index (κ2) is 5.10. The molecule has 0 aliphatic carbocycles. The molecule has 0 bridgehead atoms. The minimum absolute atomic E-state index is 0. The van der Waals surface area contributed by atoms with Crippen LogP contribution < -0.4 is 5.32 Å². The second-order valence-corrected chi connectivity index (χ2v) is 4.78. The summed E-state index contributed by atoms with van der Waals surface area (Å²) in [5.41, 5.74) is -0.689. The van der Waals surface area contributed by atoms with Crippen LogP contribution in [0.4, 0.5) is 13.6 Å². The molecule has 1 fully saturated rings. The first kappa shape index (κ1) is 14.7. The van der Waals surface area contributed by atoms with Crippen LogP contribution in [0.5, 0.6) is 0 Å². The van der Waals surface area contributed by atoms with Crippen molar-refractivity contribution in [3.63, 3.8) is 0 Å². The van der Waals surface area contributed by atoms with Crippen molar-refractivity contribution in [2.24, 2.45) is 5.41 Å². The minimum Gasteiger partial charge on any atom is -0.449 e. The van der Waals surface area contributed by atoms with Crippen molar-refractivity contribution in [3.8, 4) is 0 Å². The Labute approximate surface area is 110 Å². The molecule has 1 aliphatic heterocycles. The van der Waals surface area contributed by atoms with Crippen LogP contribution in [0.2, 0.25) is 0 Å². The topological polar surface area (TPSA) is 38.3 Å². The van der Waals surface area contributed by atoms with Gasteiger partial charge in [-0.15, -0.1) is 12.4 Å². The van der Waals surface area contributed by atoms with E-state index in [1.807, 2.05) is 0 Å². The van der Waals surface area contributed by atoms with Gasteiger partial charge in [-0.1, -0.05) is 19.9 Å². The lowest BCUT2D eigenvalue weighted by Gasteiger charge is -2.38. The number of rotatable bonds is 1. The number of cyclic esters (lactones) is 1. The van der Waals surface area contributed by atoms with Crippen molar-refractivity contribution in [3.05, 3.63) is 35.4 Å². The lowest BCUT2D eigenvalue weighted by atomic mass is 9.80. The Kier molecular flexibility index (Phi) is 4.16. The first-order valence-corrected chi connectivity index (χ1v) is 5.29. The SMILES string of the molecule is CC1(C)COC(=O)N[C@H]1c1c(F)cccc1F.Cl. The number of carbonyl (C=O) groups is 1. The van der Waals surface area contributed by atoms with E-state index in [2.05, 4.69) is 5.32 Å². The van der Waals surface area contributed by atoms with Crippen LogP contribution in [-0.2, 0) is 4.74 Å². The molecule has 6 heteroatoms. The Balaban J connectivity index is 0.00000162. The maximum absolute atomic E-state index is 13.7. The van der Waals surface area contributed by atoms with Gasteiger partial charge in [0.15, 0.2) is 0 Å². The Bertz CT molecular complexity index is 445. The van der Waals surface area contributed by atoms with Gasteiger partial charge in [-0.2, -0.15) is 0 Å². The van der Waals surface area contributed by atoms with Gasteiger partial charge in [-0.25, -0.2) is 13.6 Å². The Hall–Kier alpha value is -1.36. The average molecular weight is 278 g/mol. The predicted molar refractivity (Wildman–Crippen MR) is 64.6 cm³/mol. The monoisotopic (exact) mass is 277 g/mol. The molecular weight excluding hydrogens is 264 g/mol. The number of amides is 1. The summed E-state index contributed by atoms with van der Waals surface area (Å²) in [6.45, 7) is 3.68. The number of halogens is 3. The highest BCUT2D eigenvalue weighted by atomic mass is 35.5. The summed E-state index contributed by atoms with van der Waals surface area (Å²) < 4.78 is 32.2. The highest BCUT2D eigenvalue weighted by molar-refractivity contribution is 5.85. The molecule has 0 radical (unpaired) electrons. The molecule has 1 saturated heterocycles. The fraction of sp³-hybridized carbons (Fsp3) is 0.417. The van der Waals surface area contributed by atoms with Crippen LogP contribution in [0, 0.1) is 17.0 Å². The predicted octanol–water partition coefficient (Wildman–Crippen LogP) is 3.19. The third-order valence-corrected chi connectivity index (χ3v) is 2.91. The van der Waals surface area contributed by atoms with Crippen LogP contribution in [0.25, 0.3) is 0 Å². The van der Waals surface area contributed by atoms with Crippen molar-refractivity contribution >= 4 is 18.5 Å². The molecule has 0 saturated carbocycles. The Morgan fingerprint density at radius 3 is 2.44 bits per heavy atom. The van der Waals surface area contributed by atoms with Crippen LogP contribution >= 0.6 is 12.4 Å². The van der Waals surface area contributed by atoms with Crippen molar-refractivity contribution in [1.29, 1.82) is 0 Å². The summed E-state index contributed by atoms with van der Waals surface area (Å²) in [4.78, 5) is 11.2. The smallest absolute Gasteiger partial charge is 0.407 e. The van der Waals surface area contributed by atoms with E-state index in [4.69, 9.17) is 4.74 Å². The van der Waals surface area contributed by atoms with Crippen LogP contribution in [0.15, 0.2) is 18.2 Å². The molecule has 0 spiro atoms. The molecule has 1 heterocycles. The summed E-state index contributed by atoms with van der Waals surface area (Å²) in [6.07, 6.45) is -0.656. The Morgan fingerprint density at radius 1 is 1.33 bits per heavy atom. The number of benzene rings is 1. The van der Waals surface area contributed by atoms with Crippen molar-refractivity contribution in [2.75, 3.05) is 6.61 Å². The van der Waals surface area contributed by atoms with Gasteiger partial charge < -0.3 is 10.1 Å². The molecule has 18 heavy (non-hydrogen) atoms. The van der Waals surface area contributed by atoms with E-state index >= 15 is 0 Å². The molecule has 100 valence electrons. The minimum atomic E-state index is -0.732. The number of alkyl carbamates (subject to hydrolysis) is 1. The maximum atomic E-state index is 13.7. The molecule has 0 aromatic heterocycles. The molecule has 1 atom stereocenters. The van der Waals surface area contributed by atoms with Gasteiger partial charge in [-0.05, 0) is 12.1 Å². The number of hydrogen-bond donors (Lipinski definition) is 1. The summed E-state index contributed by atoms with van der Waals surface area (Å²) in [5, 5.41) is 2.46. The summed E-state index contributed by atoms with van der Waals surface area (Å²) >= 11 is 0. The van der Waals surface area contributed by atoms with E-state index < -0.39 is 29.2 Å². The molecule has 1 amide bonds. The van der Waals surface area contributed by atoms with Gasteiger partial charge in [0, 0.05) is 11.0 Å². The Morgan fingerprint density at radius 2 is 1.89 bits per heavy atom. The summed E-state index contributed by atoms with van der Waals surface area (Å²) in [7, 11) is 0. The fourth-order valence-corrected chi connectivity index (χ4v) is 1.94. The van der Waals surface area contributed by atoms with Crippen LogP contribution in [0.1, 0.15) is 25.5 Å². The van der Waals surface area contributed by atoms with E-state index in [-0.39, 0.29) is 24.6 Å². The number of carbonyl (C=O) groups excluding carboxylic acids is 1. The molecule has 1 aromatic carbocycles. The number of nitrogens with one attached hydrogen (secondary N) is 1. The molecule has 2 rings (SSSR count). The molecule has 3 nitrogen and oxygen atoms in total. The van der Waals surface area contributed by atoms with E-state index in [1.165, 1.54) is 18.2 Å². The van der Waals surface area contributed by atoms with E-state index in [9.17, 15) is 13.6 Å². The first-order chi connectivity index (χ1) is 7.92. The van der Waals surface area contributed by atoms with Crippen LogP contribution in [-0.4, -0.2) is 12.7 Å². The quantitative estimate of drug-likeness (QED) is 0.856. The van der Waals surface area contributed by atoms with Gasteiger partial charge in [0.2, 0.25) is 0 Å². The normalized spacial score (nSPS) is 21.6. The zero-order chi connectivity index (χ0) is 12.6. The van der Waals surface area contributed by atoms with Crippen LogP contribution in [0.3, 0.4) is 0 Å². The molecule has 1 N–H and O–H groups in total. The van der Waals surface area contributed by atoms with Crippen molar-refractivity contribution in [2.45, 2.75) is 19.9 Å². The maximum Gasteiger partial charge on any atom is 0.407 e. The van der Waals surface area contributed by atoms with Gasteiger partial charge in [0.1, 0.15) is 18.2 Å². The van der Waals surface area contributed by atoms with Crippen molar-refractivity contribution in [1.82, 2.24) is 5.32 Å². The third kappa shape index (κ3) is 2.56. The molecule has 1 aliphatic rings. The lowest BCUT2D eigenvalue weighted by Crippen LogP contribution is -2.47. The third-order valence-electron chi connectivity index (χ3n) is 2.91. The first-order valence-electron chi connectivity index (χ1n) is 5.29. The van der Waals surface area contributed by atoms with E-state index in [0.29, 0.717) is 0 Å². The zero-order valence-electron chi connectivity index (χ0n) is 10.00.